The van der Waals surface area contributed by atoms with Crippen molar-refractivity contribution in [1.29, 1.82) is 0 Å². The van der Waals surface area contributed by atoms with Crippen LogP contribution in [0.1, 0.15) is 18.3 Å². The summed E-state index contributed by atoms with van der Waals surface area (Å²) >= 11 is 0. The van der Waals surface area contributed by atoms with Crippen molar-refractivity contribution in [3.8, 4) is 0 Å². The van der Waals surface area contributed by atoms with Crippen LogP contribution in [-0.2, 0) is 13.0 Å². The topological polar surface area (TPSA) is 19.7 Å². The third-order valence-electron chi connectivity index (χ3n) is 3.44. The fourth-order valence-electron chi connectivity index (χ4n) is 2.56. The van der Waals surface area contributed by atoms with Gasteiger partial charge in [-0.15, -0.1) is 0 Å². The number of nitrogens with one attached hydrogen (secondary N) is 1. The van der Waals surface area contributed by atoms with Crippen LogP contribution in [0.3, 0.4) is 0 Å². The second-order valence-electron chi connectivity index (χ2n) is 5.29. The summed E-state index contributed by atoms with van der Waals surface area (Å²) in [6.45, 7) is 6.97. The predicted molar refractivity (Wildman–Crippen MR) is 82.6 cm³/mol. The van der Waals surface area contributed by atoms with Gasteiger partial charge in [0.05, 0.1) is 6.42 Å². The molecule has 0 spiro atoms. The largest absolute Gasteiger partial charge is 0.259 e. The molecule has 2 nitrogen and oxygen atoms in total. The van der Waals surface area contributed by atoms with Gasteiger partial charge >= 0.3 is 0 Å². The number of H-pyrrole nitrogens is 1. The average molecular weight is 263 g/mol. The molecular formula is C18H19N2+. The van der Waals surface area contributed by atoms with E-state index in [2.05, 4.69) is 77.7 Å². The van der Waals surface area contributed by atoms with Crippen molar-refractivity contribution < 1.29 is 4.57 Å². The molecule has 1 heterocycles. The van der Waals surface area contributed by atoms with Crippen LogP contribution in [0.15, 0.2) is 66.7 Å². The van der Waals surface area contributed by atoms with Crippen molar-refractivity contribution in [2.24, 2.45) is 0 Å². The van der Waals surface area contributed by atoms with Gasteiger partial charge in [-0.25, -0.2) is 9.55 Å². The molecule has 0 unspecified atom stereocenters. The third kappa shape index (κ3) is 2.50. The molecule has 2 heteroatoms. The minimum atomic E-state index is 0.853. The molecule has 0 aliphatic heterocycles. The molecule has 100 valence electrons. The Hall–Kier alpha value is -2.35. The van der Waals surface area contributed by atoms with Crippen molar-refractivity contribution in [2.75, 3.05) is 0 Å². The minimum Gasteiger partial charge on any atom is -0.240 e. The first kappa shape index (κ1) is 12.7. The quantitative estimate of drug-likeness (QED) is 0.548. The number of para-hydroxylation sites is 2. The third-order valence-corrected chi connectivity index (χ3v) is 3.44. The Kier molecular flexibility index (Phi) is 3.38. The fraction of sp³-hybridized carbons (Fsp3) is 0.167. The highest BCUT2D eigenvalue weighted by atomic mass is 15.1. The van der Waals surface area contributed by atoms with Crippen LogP contribution >= 0.6 is 0 Å². The lowest BCUT2D eigenvalue weighted by atomic mass is 10.1. The Bertz CT molecular complexity index is 738. The number of nitrogens with zero attached hydrogens (tertiary/aromatic N) is 1. The number of rotatable bonds is 4. The van der Waals surface area contributed by atoms with Crippen molar-refractivity contribution in [1.82, 2.24) is 4.98 Å². The smallest absolute Gasteiger partial charge is 0.240 e. The average Bonchev–Trinajstić information content (AvgIpc) is 2.78. The Morgan fingerprint density at radius 3 is 2.50 bits per heavy atom. The maximum atomic E-state index is 4.05. The van der Waals surface area contributed by atoms with Gasteiger partial charge in [-0.3, -0.25) is 0 Å². The summed E-state index contributed by atoms with van der Waals surface area (Å²) in [5.74, 6) is 1.22. The van der Waals surface area contributed by atoms with E-state index < -0.39 is 0 Å². The SMILES string of the molecule is C=C(C)C[n+]1c(Cc2ccccc2)[nH]c2ccccc21. The van der Waals surface area contributed by atoms with Gasteiger partial charge in [0.1, 0.15) is 6.54 Å². The van der Waals surface area contributed by atoms with E-state index in [-0.39, 0.29) is 0 Å². The highest BCUT2D eigenvalue weighted by Crippen LogP contribution is 2.13. The van der Waals surface area contributed by atoms with E-state index in [0.29, 0.717) is 0 Å². The summed E-state index contributed by atoms with van der Waals surface area (Å²) in [6.07, 6.45) is 0.906. The van der Waals surface area contributed by atoms with Crippen molar-refractivity contribution in [2.45, 2.75) is 19.9 Å². The van der Waals surface area contributed by atoms with E-state index in [0.717, 1.165) is 18.5 Å². The van der Waals surface area contributed by atoms with Crippen LogP contribution in [0.4, 0.5) is 0 Å². The summed E-state index contributed by atoms with van der Waals surface area (Å²) in [6, 6.07) is 19.0. The maximum Gasteiger partial charge on any atom is 0.259 e. The van der Waals surface area contributed by atoms with E-state index >= 15 is 0 Å². The van der Waals surface area contributed by atoms with E-state index in [1.807, 2.05) is 0 Å². The molecule has 0 radical (unpaired) electrons. The molecule has 0 aliphatic carbocycles. The highest BCUT2D eigenvalue weighted by Gasteiger charge is 2.18. The van der Waals surface area contributed by atoms with Gasteiger partial charge in [-0.1, -0.05) is 49.0 Å². The minimum absolute atomic E-state index is 0.853. The Labute approximate surface area is 119 Å². The summed E-state index contributed by atoms with van der Waals surface area (Å²) < 4.78 is 2.32. The van der Waals surface area contributed by atoms with Gasteiger partial charge in [-0.05, 0) is 30.2 Å². The molecule has 3 rings (SSSR count). The van der Waals surface area contributed by atoms with Crippen LogP contribution in [0.2, 0.25) is 0 Å². The van der Waals surface area contributed by atoms with Crippen molar-refractivity contribution in [3.63, 3.8) is 0 Å². The fourth-order valence-corrected chi connectivity index (χ4v) is 2.56. The second-order valence-corrected chi connectivity index (χ2v) is 5.29. The van der Waals surface area contributed by atoms with E-state index in [1.54, 1.807) is 0 Å². The van der Waals surface area contributed by atoms with Crippen molar-refractivity contribution in [3.05, 3.63) is 78.1 Å². The van der Waals surface area contributed by atoms with Gasteiger partial charge in [0.2, 0.25) is 0 Å². The number of aromatic amines is 1. The van der Waals surface area contributed by atoms with E-state index in [1.165, 1.54) is 22.4 Å². The van der Waals surface area contributed by atoms with E-state index in [9.17, 15) is 0 Å². The maximum absolute atomic E-state index is 4.05. The molecule has 3 aromatic rings. The molecule has 20 heavy (non-hydrogen) atoms. The van der Waals surface area contributed by atoms with Crippen molar-refractivity contribution >= 4 is 11.0 Å². The molecule has 2 aromatic carbocycles. The number of fused-ring (bicyclic) bond motifs is 1. The molecule has 0 fully saturated rings. The zero-order valence-corrected chi connectivity index (χ0v) is 11.8. The normalized spacial score (nSPS) is 10.8. The molecule has 0 atom stereocenters. The first-order valence-corrected chi connectivity index (χ1v) is 6.92. The highest BCUT2D eigenvalue weighted by molar-refractivity contribution is 5.71. The first-order chi connectivity index (χ1) is 9.74. The number of hydrogen-bond acceptors (Lipinski definition) is 0. The monoisotopic (exact) mass is 263 g/mol. The van der Waals surface area contributed by atoms with E-state index in [4.69, 9.17) is 0 Å². The molecule has 0 amide bonds. The number of benzene rings is 2. The zero-order chi connectivity index (χ0) is 13.9. The summed E-state index contributed by atoms with van der Waals surface area (Å²) in [4.78, 5) is 3.54. The van der Waals surface area contributed by atoms with Crippen LogP contribution in [0.5, 0.6) is 0 Å². The zero-order valence-electron chi connectivity index (χ0n) is 11.8. The summed E-state index contributed by atoms with van der Waals surface area (Å²) in [7, 11) is 0. The first-order valence-electron chi connectivity index (χ1n) is 6.92. The Morgan fingerprint density at radius 2 is 1.75 bits per heavy atom. The Balaban J connectivity index is 2.07. The number of hydrogen-bond donors (Lipinski definition) is 1. The Morgan fingerprint density at radius 1 is 1.05 bits per heavy atom. The molecule has 0 bridgehead atoms. The molecule has 1 aromatic heterocycles. The molecule has 0 aliphatic rings. The van der Waals surface area contributed by atoms with Gasteiger partial charge in [-0.2, -0.15) is 0 Å². The van der Waals surface area contributed by atoms with Gasteiger partial charge in [0.25, 0.3) is 5.82 Å². The van der Waals surface area contributed by atoms with Gasteiger partial charge in [0, 0.05) is 0 Å². The molecule has 0 saturated carbocycles. The molecular weight excluding hydrogens is 244 g/mol. The lowest BCUT2D eigenvalue weighted by Crippen LogP contribution is -2.37. The second kappa shape index (κ2) is 5.33. The number of allylic oxidation sites excluding steroid dienone is 1. The van der Waals surface area contributed by atoms with Crippen LogP contribution in [-0.4, -0.2) is 4.98 Å². The molecule has 0 saturated heterocycles. The lowest BCUT2D eigenvalue weighted by molar-refractivity contribution is -0.670. The molecule has 1 N–H and O–H groups in total. The number of imidazole rings is 1. The number of aromatic nitrogens is 2. The standard InChI is InChI=1S/C18H18N2/c1-14(2)13-20-17-11-7-6-10-16(17)19-18(20)12-15-8-4-3-5-9-15/h3-11H,1,12-13H2,2H3/p+1. The van der Waals surface area contributed by atoms with Crippen LogP contribution in [0.25, 0.3) is 11.0 Å². The van der Waals surface area contributed by atoms with Gasteiger partial charge in [0.15, 0.2) is 11.0 Å². The van der Waals surface area contributed by atoms with Crippen LogP contribution < -0.4 is 4.57 Å². The predicted octanol–water partition coefficient (Wildman–Crippen LogP) is 3.62. The van der Waals surface area contributed by atoms with Crippen LogP contribution in [0, 0.1) is 0 Å². The lowest BCUT2D eigenvalue weighted by Gasteiger charge is -2.02. The summed E-state index contributed by atoms with van der Waals surface area (Å²) in [5.41, 5.74) is 4.89. The summed E-state index contributed by atoms with van der Waals surface area (Å²) in [5, 5.41) is 0. The van der Waals surface area contributed by atoms with Gasteiger partial charge < -0.3 is 0 Å².